The van der Waals surface area contributed by atoms with Crippen LogP contribution in [-0.2, 0) is 32.7 Å². The summed E-state index contributed by atoms with van der Waals surface area (Å²) in [6.45, 7) is 1.93. The molecular formula is C34H59NO9P+. The van der Waals surface area contributed by atoms with Gasteiger partial charge in [0.1, 0.15) is 25.5 Å². The third-order valence-electron chi connectivity index (χ3n) is 7.14. The highest BCUT2D eigenvalue weighted by molar-refractivity contribution is 7.47. The average Bonchev–Trinajstić information content (AvgIpc) is 2.99. The number of methoxy groups -OCH3 is 1. The van der Waals surface area contributed by atoms with Crippen LogP contribution in [-0.4, -0.2) is 82.0 Å². The van der Waals surface area contributed by atoms with Gasteiger partial charge >= 0.3 is 19.8 Å². The minimum Gasteiger partial charge on any atom is -0.497 e. The van der Waals surface area contributed by atoms with Crippen molar-refractivity contribution in [2.45, 2.75) is 103 Å². The minimum atomic E-state index is -4.40. The molecule has 1 aromatic rings. The second kappa shape index (κ2) is 24.0. The van der Waals surface area contributed by atoms with Gasteiger partial charge < -0.3 is 23.6 Å². The molecule has 1 aromatic carbocycles. The van der Waals surface area contributed by atoms with Gasteiger partial charge in [-0.1, -0.05) is 96.1 Å². The smallest absolute Gasteiger partial charge is 0.472 e. The predicted octanol–water partition coefficient (Wildman–Crippen LogP) is 7.48. The van der Waals surface area contributed by atoms with Gasteiger partial charge in [0.15, 0.2) is 6.10 Å². The Bertz CT molecular complexity index is 1030. The average molecular weight is 657 g/mol. The topological polar surface area (TPSA) is 118 Å². The number of hydrogen-bond acceptors (Lipinski definition) is 8. The molecule has 0 fully saturated rings. The molecule has 11 heteroatoms. The fraction of sp³-hybridized carbons (Fsp3) is 0.706. The van der Waals surface area contributed by atoms with Crippen molar-refractivity contribution >= 4 is 25.8 Å². The number of likely N-dealkylation sites (N-methyl/N-ethyl adjacent to an activating group) is 1. The van der Waals surface area contributed by atoms with Gasteiger partial charge in [0.05, 0.1) is 34.9 Å². The van der Waals surface area contributed by atoms with E-state index >= 15 is 0 Å². The molecule has 0 saturated heterocycles. The summed E-state index contributed by atoms with van der Waals surface area (Å²) in [4.78, 5) is 35.0. The van der Waals surface area contributed by atoms with E-state index in [1.165, 1.54) is 63.9 Å². The Morgan fingerprint density at radius 2 is 1.49 bits per heavy atom. The Kier molecular flexibility index (Phi) is 21.8. The Hall–Kier alpha value is -2.23. The molecule has 0 bridgehead atoms. The van der Waals surface area contributed by atoms with Gasteiger partial charge in [0.25, 0.3) is 0 Å². The van der Waals surface area contributed by atoms with Crippen molar-refractivity contribution in [1.29, 1.82) is 0 Å². The lowest BCUT2D eigenvalue weighted by Gasteiger charge is -2.24. The molecule has 10 nitrogen and oxygen atoms in total. The molecule has 2 atom stereocenters. The minimum absolute atomic E-state index is 0.00479. The highest BCUT2D eigenvalue weighted by Crippen LogP contribution is 2.43. The summed E-state index contributed by atoms with van der Waals surface area (Å²) in [5, 5.41) is 0. The molecule has 1 rings (SSSR count). The third kappa shape index (κ3) is 23.7. The molecule has 1 N–H and O–H groups in total. The number of phosphoric acid groups is 1. The van der Waals surface area contributed by atoms with Crippen molar-refractivity contribution in [3.63, 3.8) is 0 Å². The first-order valence-corrected chi connectivity index (χ1v) is 18.0. The number of unbranched alkanes of at least 4 members (excludes halogenated alkanes) is 12. The normalized spacial score (nSPS) is 13.8. The van der Waals surface area contributed by atoms with Crippen molar-refractivity contribution < 1.29 is 46.8 Å². The van der Waals surface area contributed by atoms with Crippen molar-refractivity contribution in [3.8, 4) is 5.75 Å². The van der Waals surface area contributed by atoms with Gasteiger partial charge in [0.2, 0.25) is 0 Å². The first-order chi connectivity index (χ1) is 21.4. The molecule has 0 amide bonds. The summed E-state index contributed by atoms with van der Waals surface area (Å²) >= 11 is 0. The first kappa shape index (κ1) is 40.8. The lowest BCUT2D eigenvalue weighted by atomic mass is 10.0. The number of nitrogens with zero attached hydrogens (tertiary/aromatic N) is 1. The van der Waals surface area contributed by atoms with Gasteiger partial charge in [-0.05, 0) is 30.2 Å². The summed E-state index contributed by atoms with van der Waals surface area (Å²) in [7, 11) is 2.93. The lowest BCUT2D eigenvalue weighted by molar-refractivity contribution is -0.870. The zero-order valence-electron chi connectivity index (χ0n) is 28.4. The first-order valence-electron chi connectivity index (χ1n) is 16.5. The summed E-state index contributed by atoms with van der Waals surface area (Å²) in [6.07, 6.45) is 17.5. The predicted molar refractivity (Wildman–Crippen MR) is 178 cm³/mol. The number of benzene rings is 1. The van der Waals surface area contributed by atoms with E-state index in [1.54, 1.807) is 37.5 Å². The Morgan fingerprint density at radius 1 is 0.889 bits per heavy atom. The monoisotopic (exact) mass is 656 g/mol. The van der Waals surface area contributed by atoms with E-state index < -0.39 is 32.5 Å². The summed E-state index contributed by atoms with van der Waals surface area (Å²) in [5.74, 6) is -0.495. The number of ether oxygens (including phenoxy) is 3. The lowest BCUT2D eigenvalue weighted by Crippen LogP contribution is -2.37. The highest BCUT2D eigenvalue weighted by atomic mass is 31.2. The number of carbonyl (C=O) groups is 2. The molecule has 0 aliphatic carbocycles. The fourth-order valence-corrected chi connectivity index (χ4v) is 5.17. The zero-order valence-corrected chi connectivity index (χ0v) is 29.3. The van der Waals surface area contributed by atoms with Gasteiger partial charge in [-0.15, -0.1) is 0 Å². The molecule has 0 saturated carbocycles. The van der Waals surface area contributed by atoms with Gasteiger partial charge in [-0.2, -0.15) is 0 Å². The third-order valence-corrected chi connectivity index (χ3v) is 8.12. The molecule has 258 valence electrons. The standard InChI is InChI=1S/C34H58NO9P/c1-6-7-8-9-10-11-12-13-14-15-16-17-18-22-34(37)44-32(29-43-45(38,39)42-26-25-35(2,3)4)28-41-33(36)24-23-30-20-19-21-31(27-30)40-5/h19-21,23-24,27,32H,6-18,22,25-26,28-29H2,1-5H3/p+1/t32-/m1/s1. The van der Waals surface area contributed by atoms with Crippen LogP contribution in [0.15, 0.2) is 30.3 Å². The van der Waals surface area contributed by atoms with Crippen LogP contribution in [0.3, 0.4) is 0 Å². The quantitative estimate of drug-likeness (QED) is 0.0338. The fourth-order valence-electron chi connectivity index (χ4n) is 4.43. The van der Waals surface area contributed by atoms with E-state index in [-0.39, 0.29) is 19.6 Å². The number of esters is 2. The number of rotatable bonds is 27. The van der Waals surface area contributed by atoms with E-state index in [0.29, 0.717) is 23.2 Å². The molecule has 45 heavy (non-hydrogen) atoms. The van der Waals surface area contributed by atoms with Crippen molar-refractivity contribution in [1.82, 2.24) is 0 Å². The van der Waals surface area contributed by atoms with E-state index in [1.807, 2.05) is 21.1 Å². The SMILES string of the molecule is CCCCCCCCCCCCCCCC(=O)O[C@H](COC(=O)C=Cc1cccc(OC)c1)COP(=O)(O)OCC[N+](C)(C)C. The maximum absolute atomic E-state index is 12.6. The number of phosphoric ester groups is 1. The molecule has 0 aliphatic rings. The maximum atomic E-state index is 12.6. The second-order valence-electron chi connectivity index (χ2n) is 12.5. The van der Waals surface area contributed by atoms with Gasteiger partial charge in [-0.3, -0.25) is 13.8 Å². The van der Waals surface area contributed by atoms with Gasteiger partial charge in [-0.25, -0.2) is 9.36 Å². The molecule has 0 heterocycles. The Labute approximate surface area is 271 Å². The van der Waals surface area contributed by atoms with Crippen LogP contribution in [0.4, 0.5) is 0 Å². The van der Waals surface area contributed by atoms with Gasteiger partial charge in [0, 0.05) is 12.5 Å². The number of quaternary nitrogens is 1. The van der Waals surface area contributed by atoms with E-state index in [9.17, 15) is 19.0 Å². The van der Waals surface area contributed by atoms with E-state index in [0.717, 1.165) is 24.8 Å². The van der Waals surface area contributed by atoms with Crippen molar-refractivity contribution in [2.24, 2.45) is 0 Å². The second-order valence-corrected chi connectivity index (χ2v) is 13.9. The Balaban J connectivity index is 2.48. The van der Waals surface area contributed by atoms with Crippen LogP contribution in [0.1, 0.15) is 102 Å². The molecule has 1 unspecified atom stereocenters. The largest absolute Gasteiger partial charge is 0.497 e. The molecule has 0 radical (unpaired) electrons. The van der Waals surface area contributed by atoms with E-state index in [2.05, 4.69) is 6.92 Å². The summed E-state index contributed by atoms with van der Waals surface area (Å²) in [5.41, 5.74) is 0.739. The molecule has 0 spiro atoms. The van der Waals surface area contributed by atoms with Crippen LogP contribution >= 0.6 is 7.82 Å². The van der Waals surface area contributed by atoms with Crippen LogP contribution in [0.2, 0.25) is 0 Å². The number of carbonyl (C=O) groups excluding carboxylic acids is 2. The maximum Gasteiger partial charge on any atom is 0.472 e. The molecular weight excluding hydrogens is 597 g/mol. The van der Waals surface area contributed by atoms with Crippen molar-refractivity contribution in [3.05, 3.63) is 35.9 Å². The van der Waals surface area contributed by atoms with Crippen LogP contribution < -0.4 is 4.74 Å². The van der Waals surface area contributed by atoms with Crippen LogP contribution in [0, 0.1) is 0 Å². The molecule has 0 aliphatic heterocycles. The zero-order chi connectivity index (χ0) is 33.4. The molecule has 0 aromatic heterocycles. The van der Waals surface area contributed by atoms with Crippen molar-refractivity contribution in [2.75, 3.05) is 54.6 Å². The summed E-state index contributed by atoms with van der Waals surface area (Å²) in [6, 6.07) is 7.15. The van der Waals surface area contributed by atoms with Crippen LogP contribution in [0.25, 0.3) is 6.08 Å². The van der Waals surface area contributed by atoms with Crippen LogP contribution in [0.5, 0.6) is 5.75 Å². The summed E-state index contributed by atoms with van der Waals surface area (Å²) < 4.78 is 39.0. The number of hydrogen-bond donors (Lipinski definition) is 1. The van der Waals surface area contributed by atoms with E-state index in [4.69, 9.17) is 23.3 Å². The Morgan fingerprint density at radius 3 is 2.07 bits per heavy atom. The highest BCUT2D eigenvalue weighted by Gasteiger charge is 2.26.